The van der Waals surface area contributed by atoms with Gasteiger partial charge in [0, 0.05) is 13.1 Å². The second-order valence-electron chi connectivity index (χ2n) is 6.45. The van der Waals surface area contributed by atoms with Crippen LogP contribution in [0.3, 0.4) is 0 Å². The Labute approximate surface area is 110 Å². The Morgan fingerprint density at radius 3 is 2.06 bits per heavy atom. The first-order valence-electron chi connectivity index (χ1n) is 7.53. The minimum absolute atomic E-state index is 0.169. The molecule has 0 N–H and O–H groups in total. The fraction of sp³-hybridized carbons (Fsp3) is 0.933. The number of nitriles is 1. The van der Waals surface area contributed by atoms with E-state index in [1.165, 1.54) is 38.5 Å². The molecule has 3 aliphatic rings. The lowest BCUT2D eigenvalue weighted by atomic mass is 9.66. The lowest BCUT2D eigenvalue weighted by Gasteiger charge is -2.48. The molecule has 3 heteroatoms. The van der Waals surface area contributed by atoms with Gasteiger partial charge in [0.1, 0.15) is 5.54 Å². The van der Waals surface area contributed by atoms with Gasteiger partial charge in [0.05, 0.1) is 19.3 Å². The average molecular weight is 248 g/mol. The lowest BCUT2D eigenvalue weighted by Crippen LogP contribution is -2.55. The van der Waals surface area contributed by atoms with Crippen molar-refractivity contribution < 1.29 is 4.74 Å². The first kappa shape index (κ1) is 12.4. The van der Waals surface area contributed by atoms with Gasteiger partial charge < -0.3 is 4.74 Å². The summed E-state index contributed by atoms with van der Waals surface area (Å²) in [5.41, 5.74) is 0.449. The van der Waals surface area contributed by atoms with Gasteiger partial charge in [0.15, 0.2) is 0 Å². The maximum Gasteiger partial charge on any atom is 0.109 e. The van der Waals surface area contributed by atoms with E-state index in [1.54, 1.807) is 0 Å². The average Bonchev–Trinajstić information content (AvgIpc) is 2.90. The molecule has 3 rings (SSSR count). The summed E-state index contributed by atoms with van der Waals surface area (Å²) in [4.78, 5) is 2.40. The Morgan fingerprint density at radius 2 is 1.50 bits per heavy atom. The SMILES string of the molecule is N#CC1(N2CCOCC2)CCC2(CCCC2)CC1. The van der Waals surface area contributed by atoms with Crippen LogP contribution in [0.2, 0.25) is 0 Å². The molecular weight excluding hydrogens is 224 g/mol. The highest BCUT2D eigenvalue weighted by Gasteiger charge is 2.47. The zero-order valence-corrected chi connectivity index (χ0v) is 11.3. The summed E-state index contributed by atoms with van der Waals surface area (Å²) in [5, 5.41) is 9.69. The van der Waals surface area contributed by atoms with Gasteiger partial charge in [-0.25, -0.2) is 0 Å². The molecule has 1 spiro atoms. The van der Waals surface area contributed by atoms with E-state index in [2.05, 4.69) is 11.0 Å². The van der Waals surface area contributed by atoms with Crippen molar-refractivity contribution in [2.45, 2.75) is 56.9 Å². The van der Waals surface area contributed by atoms with Crippen LogP contribution >= 0.6 is 0 Å². The van der Waals surface area contributed by atoms with Gasteiger partial charge in [-0.2, -0.15) is 5.26 Å². The fourth-order valence-corrected chi connectivity index (χ4v) is 4.31. The molecule has 1 saturated heterocycles. The third-order valence-electron chi connectivity index (χ3n) is 5.63. The monoisotopic (exact) mass is 248 g/mol. The topological polar surface area (TPSA) is 36.3 Å². The van der Waals surface area contributed by atoms with Crippen molar-refractivity contribution in [2.24, 2.45) is 5.41 Å². The van der Waals surface area contributed by atoms with Crippen LogP contribution in [0.4, 0.5) is 0 Å². The van der Waals surface area contributed by atoms with Crippen molar-refractivity contribution in [3.05, 3.63) is 0 Å². The van der Waals surface area contributed by atoms with E-state index < -0.39 is 0 Å². The molecule has 3 fully saturated rings. The second-order valence-corrected chi connectivity index (χ2v) is 6.45. The van der Waals surface area contributed by atoms with Gasteiger partial charge in [-0.15, -0.1) is 0 Å². The maximum atomic E-state index is 9.69. The van der Waals surface area contributed by atoms with E-state index in [9.17, 15) is 5.26 Å². The smallest absolute Gasteiger partial charge is 0.109 e. The summed E-state index contributed by atoms with van der Waals surface area (Å²) in [5.74, 6) is 0. The third kappa shape index (κ3) is 2.06. The predicted molar refractivity (Wildman–Crippen MR) is 70.1 cm³/mol. The van der Waals surface area contributed by atoms with Crippen molar-refractivity contribution in [3.8, 4) is 6.07 Å². The highest BCUT2D eigenvalue weighted by atomic mass is 16.5. The number of nitrogens with zero attached hydrogens (tertiary/aromatic N) is 2. The molecule has 18 heavy (non-hydrogen) atoms. The summed E-state index contributed by atoms with van der Waals surface area (Å²) < 4.78 is 5.42. The maximum absolute atomic E-state index is 9.69. The van der Waals surface area contributed by atoms with E-state index in [4.69, 9.17) is 4.74 Å². The summed E-state index contributed by atoms with van der Waals surface area (Å²) in [6.45, 7) is 3.49. The third-order valence-corrected chi connectivity index (χ3v) is 5.63. The first-order valence-corrected chi connectivity index (χ1v) is 7.53. The Morgan fingerprint density at radius 1 is 0.889 bits per heavy atom. The molecule has 0 atom stereocenters. The Hall–Kier alpha value is -0.590. The van der Waals surface area contributed by atoms with E-state index in [0.717, 1.165) is 39.1 Å². The molecule has 2 saturated carbocycles. The number of rotatable bonds is 1. The van der Waals surface area contributed by atoms with Crippen LogP contribution < -0.4 is 0 Å². The van der Waals surface area contributed by atoms with Crippen LogP contribution in [-0.4, -0.2) is 36.7 Å². The minimum Gasteiger partial charge on any atom is -0.379 e. The fourth-order valence-electron chi connectivity index (χ4n) is 4.31. The van der Waals surface area contributed by atoms with Gasteiger partial charge in [0.2, 0.25) is 0 Å². The predicted octanol–water partition coefficient (Wildman–Crippen LogP) is 2.72. The van der Waals surface area contributed by atoms with Crippen LogP contribution in [0.1, 0.15) is 51.4 Å². The standard InChI is InChI=1S/C15H24N2O/c16-13-15(17-9-11-18-12-10-17)7-5-14(6-8-15)3-1-2-4-14/h1-12H2. The summed E-state index contributed by atoms with van der Waals surface area (Å²) in [6, 6.07) is 2.66. The Kier molecular flexibility index (Phi) is 3.34. The Bertz CT molecular complexity index is 325. The van der Waals surface area contributed by atoms with Crippen molar-refractivity contribution in [3.63, 3.8) is 0 Å². The summed E-state index contributed by atoms with van der Waals surface area (Å²) in [6.07, 6.45) is 10.4. The molecular formula is C15H24N2O. The van der Waals surface area contributed by atoms with Crippen molar-refractivity contribution in [1.82, 2.24) is 4.90 Å². The molecule has 0 unspecified atom stereocenters. The largest absolute Gasteiger partial charge is 0.379 e. The van der Waals surface area contributed by atoms with Crippen molar-refractivity contribution in [1.29, 1.82) is 5.26 Å². The van der Waals surface area contributed by atoms with E-state index >= 15 is 0 Å². The highest BCUT2D eigenvalue weighted by molar-refractivity contribution is 5.13. The zero-order chi connectivity index (χ0) is 12.5. The van der Waals surface area contributed by atoms with Crippen molar-refractivity contribution in [2.75, 3.05) is 26.3 Å². The van der Waals surface area contributed by atoms with Gasteiger partial charge in [-0.3, -0.25) is 4.90 Å². The van der Waals surface area contributed by atoms with E-state index in [0.29, 0.717) is 5.41 Å². The minimum atomic E-state index is -0.169. The van der Waals surface area contributed by atoms with E-state index in [-0.39, 0.29) is 5.54 Å². The molecule has 0 aromatic rings. The molecule has 0 aromatic heterocycles. The molecule has 2 aliphatic carbocycles. The lowest BCUT2D eigenvalue weighted by molar-refractivity contribution is -0.0296. The molecule has 1 aliphatic heterocycles. The van der Waals surface area contributed by atoms with E-state index in [1.807, 2.05) is 0 Å². The van der Waals surface area contributed by atoms with Crippen LogP contribution in [0.25, 0.3) is 0 Å². The molecule has 0 radical (unpaired) electrons. The molecule has 1 heterocycles. The summed E-state index contributed by atoms with van der Waals surface area (Å²) >= 11 is 0. The van der Waals surface area contributed by atoms with Crippen molar-refractivity contribution >= 4 is 0 Å². The highest BCUT2D eigenvalue weighted by Crippen LogP contribution is 2.52. The Balaban J connectivity index is 1.69. The molecule has 3 nitrogen and oxygen atoms in total. The van der Waals surface area contributed by atoms with Crippen LogP contribution in [0.5, 0.6) is 0 Å². The van der Waals surface area contributed by atoms with Crippen LogP contribution in [0.15, 0.2) is 0 Å². The number of ether oxygens (including phenoxy) is 1. The second kappa shape index (κ2) is 4.83. The van der Waals surface area contributed by atoms with Gasteiger partial charge in [-0.1, -0.05) is 12.8 Å². The number of hydrogen-bond donors (Lipinski definition) is 0. The molecule has 0 aromatic carbocycles. The van der Waals surface area contributed by atoms with Crippen LogP contribution in [-0.2, 0) is 4.74 Å². The first-order chi connectivity index (χ1) is 8.79. The molecule has 0 bridgehead atoms. The number of hydrogen-bond acceptors (Lipinski definition) is 3. The van der Waals surface area contributed by atoms with Crippen LogP contribution in [0, 0.1) is 16.7 Å². The zero-order valence-electron chi connectivity index (χ0n) is 11.3. The summed E-state index contributed by atoms with van der Waals surface area (Å²) in [7, 11) is 0. The van der Waals surface area contributed by atoms with Gasteiger partial charge in [0.25, 0.3) is 0 Å². The van der Waals surface area contributed by atoms with Gasteiger partial charge >= 0.3 is 0 Å². The van der Waals surface area contributed by atoms with Gasteiger partial charge in [-0.05, 0) is 43.9 Å². The molecule has 100 valence electrons. The molecule has 0 amide bonds. The number of morpholine rings is 1. The quantitative estimate of drug-likeness (QED) is 0.716. The normalized spacial score (nSPS) is 31.3.